The van der Waals surface area contributed by atoms with Crippen molar-refractivity contribution in [1.29, 1.82) is 0 Å². The van der Waals surface area contributed by atoms with Gasteiger partial charge in [-0.1, -0.05) is 13.8 Å². The average Bonchev–Trinajstić information content (AvgIpc) is 2.94. The molecule has 0 spiro atoms. The van der Waals surface area contributed by atoms with Crippen LogP contribution < -0.4 is 15.8 Å². The van der Waals surface area contributed by atoms with Crippen molar-refractivity contribution in [3.8, 4) is 0 Å². The van der Waals surface area contributed by atoms with Gasteiger partial charge in [-0.25, -0.2) is 4.68 Å². The molecule has 0 radical (unpaired) electrons. The van der Waals surface area contributed by atoms with E-state index in [2.05, 4.69) is 36.1 Å². The molecule has 2 heterocycles. The first-order chi connectivity index (χ1) is 9.58. The van der Waals surface area contributed by atoms with Gasteiger partial charge in [-0.2, -0.15) is 5.10 Å². The third-order valence-electron chi connectivity index (χ3n) is 4.12. The van der Waals surface area contributed by atoms with E-state index in [1.165, 1.54) is 12.8 Å². The molecule has 1 fully saturated rings. The van der Waals surface area contributed by atoms with Crippen molar-refractivity contribution >= 4 is 5.69 Å². The predicted octanol–water partition coefficient (Wildman–Crippen LogP) is 1.48. The molecule has 1 unspecified atom stereocenters. The summed E-state index contributed by atoms with van der Waals surface area (Å²) in [5, 5.41) is 7.70. The van der Waals surface area contributed by atoms with Crippen LogP contribution in [0.15, 0.2) is 17.1 Å². The lowest BCUT2D eigenvalue weighted by Gasteiger charge is -2.18. The van der Waals surface area contributed by atoms with Crippen molar-refractivity contribution in [3.63, 3.8) is 0 Å². The van der Waals surface area contributed by atoms with Crippen LogP contribution in [0.4, 0.5) is 5.69 Å². The minimum atomic E-state index is -0.00611. The first-order valence-electron chi connectivity index (χ1n) is 7.63. The van der Waals surface area contributed by atoms with Gasteiger partial charge in [0.2, 0.25) is 0 Å². The Balaban J connectivity index is 1.91. The van der Waals surface area contributed by atoms with Crippen molar-refractivity contribution < 1.29 is 0 Å². The largest absolute Gasteiger partial charge is 0.370 e. The highest BCUT2D eigenvalue weighted by Gasteiger charge is 2.13. The van der Waals surface area contributed by atoms with Gasteiger partial charge in [0.05, 0.1) is 18.4 Å². The van der Waals surface area contributed by atoms with Gasteiger partial charge in [0, 0.05) is 31.7 Å². The lowest BCUT2D eigenvalue weighted by Crippen LogP contribution is -2.36. The molecule has 0 aliphatic carbocycles. The van der Waals surface area contributed by atoms with E-state index in [9.17, 15) is 4.79 Å². The average molecular weight is 278 g/mol. The lowest BCUT2D eigenvalue weighted by molar-refractivity contribution is 0.407. The molecule has 0 amide bonds. The Hall–Kier alpha value is -1.36. The van der Waals surface area contributed by atoms with Crippen molar-refractivity contribution in [3.05, 3.63) is 22.6 Å². The van der Waals surface area contributed by atoms with E-state index < -0.39 is 0 Å². The number of aromatic nitrogens is 2. The molecule has 1 atom stereocenters. The third-order valence-corrected chi connectivity index (χ3v) is 4.12. The quantitative estimate of drug-likeness (QED) is 0.856. The molecule has 1 aliphatic heterocycles. The molecule has 5 heteroatoms. The topological polar surface area (TPSA) is 50.2 Å². The number of rotatable bonds is 6. The minimum Gasteiger partial charge on any atom is -0.370 e. The predicted molar refractivity (Wildman–Crippen MR) is 82.2 cm³/mol. The number of anilines is 1. The molecule has 1 aromatic rings. The van der Waals surface area contributed by atoms with E-state index in [-0.39, 0.29) is 5.56 Å². The van der Waals surface area contributed by atoms with Crippen molar-refractivity contribution in [2.75, 3.05) is 24.5 Å². The summed E-state index contributed by atoms with van der Waals surface area (Å²) >= 11 is 0. The minimum absolute atomic E-state index is 0.00611. The molecule has 1 saturated heterocycles. The first-order valence-corrected chi connectivity index (χ1v) is 7.63. The van der Waals surface area contributed by atoms with Crippen molar-refractivity contribution in [2.45, 2.75) is 46.2 Å². The molecule has 1 N–H and O–H groups in total. The van der Waals surface area contributed by atoms with Crippen LogP contribution in [0.5, 0.6) is 0 Å². The third kappa shape index (κ3) is 3.82. The summed E-state index contributed by atoms with van der Waals surface area (Å²) in [6.07, 6.45) is 4.23. The molecule has 0 aromatic carbocycles. The van der Waals surface area contributed by atoms with Crippen LogP contribution in [-0.2, 0) is 6.54 Å². The van der Waals surface area contributed by atoms with Crippen LogP contribution in [0.25, 0.3) is 0 Å². The fraction of sp³-hybridized carbons (Fsp3) is 0.733. The van der Waals surface area contributed by atoms with Crippen molar-refractivity contribution in [2.24, 2.45) is 5.92 Å². The van der Waals surface area contributed by atoms with Gasteiger partial charge in [-0.05, 0) is 25.7 Å². The van der Waals surface area contributed by atoms with E-state index in [4.69, 9.17) is 0 Å². The van der Waals surface area contributed by atoms with Gasteiger partial charge in [0.15, 0.2) is 0 Å². The summed E-state index contributed by atoms with van der Waals surface area (Å²) in [5.74, 6) is 0.595. The first kappa shape index (κ1) is 15.0. The van der Waals surface area contributed by atoms with Crippen LogP contribution in [0.2, 0.25) is 0 Å². The highest BCUT2D eigenvalue weighted by Crippen LogP contribution is 2.16. The van der Waals surface area contributed by atoms with Crippen LogP contribution in [0.3, 0.4) is 0 Å². The highest BCUT2D eigenvalue weighted by molar-refractivity contribution is 5.43. The van der Waals surface area contributed by atoms with Gasteiger partial charge < -0.3 is 10.2 Å². The zero-order valence-electron chi connectivity index (χ0n) is 12.8. The molecule has 112 valence electrons. The second-order valence-electron chi connectivity index (χ2n) is 5.96. The maximum absolute atomic E-state index is 12.1. The molecule has 5 nitrogen and oxygen atoms in total. The normalized spacial score (nSPS) is 16.9. The Bertz CT molecular complexity index is 477. The number of nitrogens with zero attached hydrogens (tertiary/aromatic N) is 3. The summed E-state index contributed by atoms with van der Waals surface area (Å²) in [6.45, 7) is 10.0. The summed E-state index contributed by atoms with van der Waals surface area (Å²) in [4.78, 5) is 14.3. The second kappa shape index (κ2) is 6.88. The maximum atomic E-state index is 12.1. The molecular weight excluding hydrogens is 252 g/mol. The lowest BCUT2D eigenvalue weighted by atomic mass is 10.1. The highest BCUT2D eigenvalue weighted by atomic mass is 16.1. The van der Waals surface area contributed by atoms with E-state index in [0.717, 1.165) is 25.3 Å². The van der Waals surface area contributed by atoms with E-state index in [1.54, 1.807) is 10.7 Å². The smallest absolute Gasteiger partial charge is 0.268 e. The van der Waals surface area contributed by atoms with Gasteiger partial charge in [0.25, 0.3) is 5.56 Å². The van der Waals surface area contributed by atoms with Crippen LogP contribution in [0, 0.1) is 5.92 Å². The fourth-order valence-electron chi connectivity index (χ4n) is 2.37. The number of hydrogen-bond donors (Lipinski definition) is 1. The van der Waals surface area contributed by atoms with Gasteiger partial charge in [-0.3, -0.25) is 4.79 Å². The molecule has 1 aliphatic rings. The SMILES string of the molecule is CC(C)C(C)NCCn1ncc(N2CCCC2)cc1=O. The molecule has 20 heavy (non-hydrogen) atoms. The van der Waals surface area contributed by atoms with Crippen LogP contribution in [-0.4, -0.2) is 35.5 Å². The Labute approximate surface area is 121 Å². The Morgan fingerprint density at radius 3 is 2.60 bits per heavy atom. The standard InChI is InChI=1S/C15H26N4O/c1-12(2)13(3)16-6-9-19-15(20)10-14(11-17-19)18-7-4-5-8-18/h10-13,16H,4-9H2,1-3H3. The second-order valence-corrected chi connectivity index (χ2v) is 5.96. The van der Waals surface area contributed by atoms with Gasteiger partial charge >= 0.3 is 0 Å². The zero-order valence-corrected chi connectivity index (χ0v) is 12.8. The van der Waals surface area contributed by atoms with E-state index in [1.807, 2.05) is 6.20 Å². The molecule has 1 aromatic heterocycles. The molecule has 0 saturated carbocycles. The fourth-order valence-corrected chi connectivity index (χ4v) is 2.37. The Morgan fingerprint density at radius 2 is 2.00 bits per heavy atom. The maximum Gasteiger partial charge on any atom is 0.268 e. The monoisotopic (exact) mass is 278 g/mol. The number of hydrogen-bond acceptors (Lipinski definition) is 4. The molecule has 2 rings (SSSR count). The molecular formula is C15H26N4O. The van der Waals surface area contributed by atoms with Gasteiger partial charge in [0.1, 0.15) is 0 Å². The summed E-state index contributed by atoms with van der Waals surface area (Å²) in [5.41, 5.74) is 0.959. The summed E-state index contributed by atoms with van der Waals surface area (Å²) in [7, 11) is 0. The van der Waals surface area contributed by atoms with Gasteiger partial charge in [-0.15, -0.1) is 0 Å². The van der Waals surface area contributed by atoms with Crippen LogP contribution in [0.1, 0.15) is 33.6 Å². The van der Waals surface area contributed by atoms with Crippen LogP contribution >= 0.6 is 0 Å². The summed E-state index contributed by atoms with van der Waals surface area (Å²) < 4.78 is 1.54. The van der Waals surface area contributed by atoms with Crippen molar-refractivity contribution in [1.82, 2.24) is 15.1 Å². The zero-order chi connectivity index (χ0) is 14.5. The summed E-state index contributed by atoms with van der Waals surface area (Å²) in [6, 6.07) is 2.17. The Morgan fingerprint density at radius 1 is 1.30 bits per heavy atom. The van der Waals surface area contributed by atoms with E-state index in [0.29, 0.717) is 18.5 Å². The number of nitrogens with one attached hydrogen (secondary N) is 1. The Kier molecular flexibility index (Phi) is 5.17. The molecule has 0 bridgehead atoms. The van der Waals surface area contributed by atoms with E-state index >= 15 is 0 Å².